The molecule has 0 aromatic carbocycles. The van der Waals surface area contributed by atoms with Gasteiger partial charge in [0.15, 0.2) is 0 Å². The number of piperazine rings is 1. The second-order valence-corrected chi connectivity index (χ2v) is 7.53. The average molecular weight is 269 g/mol. The maximum atomic E-state index is 3.38. The van der Waals surface area contributed by atoms with Gasteiger partial charge in [-0.25, -0.2) is 0 Å². The first-order chi connectivity index (χ1) is 8.80. The second-order valence-electron chi connectivity index (χ2n) is 7.53. The van der Waals surface area contributed by atoms with Crippen LogP contribution in [-0.2, 0) is 0 Å². The number of hydrogen-bond donors (Lipinski definition) is 1. The predicted octanol–water partition coefficient (Wildman–Crippen LogP) is 2.43. The SMILES string of the molecule is CCCC(C)(CNC)CN1CCN(C(C)(C)C)CC1. The molecule has 1 rings (SSSR count). The van der Waals surface area contributed by atoms with E-state index in [4.69, 9.17) is 0 Å². The lowest BCUT2D eigenvalue weighted by Crippen LogP contribution is -2.55. The zero-order chi connectivity index (χ0) is 14.5. The van der Waals surface area contributed by atoms with Crippen molar-refractivity contribution in [3.8, 4) is 0 Å². The summed E-state index contributed by atoms with van der Waals surface area (Å²) in [6.45, 7) is 18.9. The van der Waals surface area contributed by atoms with E-state index < -0.39 is 0 Å². The zero-order valence-electron chi connectivity index (χ0n) is 14.1. The molecule has 0 aromatic heterocycles. The Labute approximate surface area is 120 Å². The third-order valence-electron chi connectivity index (χ3n) is 4.38. The van der Waals surface area contributed by atoms with Crippen LogP contribution in [0.5, 0.6) is 0 Å². The molecule has 1 atom stereocenters. The lowest BCUT2D eigenvalue weighted by Gasteiger charge is -2.44. The third kappa shape index (κ3) is 5.41. The molecule has 1 N–H and O–H groups in total. The van der Waals surface area contributed by atoms with E-state index >= 15 is 0 Å². The minimum atomic E-state index is 0.323. The highest BCUT2D eigenvalue weighted by Crippen LogP contribution is 2.25. The van der Waals surface area contributed by atoms with Gasteiger partial charge in [-0.2, -0.15) is 0 Å². The average Bonchev–Trinajstić information content (AvgIpc) is 2.28. The normalized spacial score (nSPS) is 22.4. The zero-order valence-corrected chi connectivity index (χ0v) is 14.1. The van der Waals surface area contributed by atoms with E-state index in [9.17, 15) is 0 Å². The molecule has 0 aromatic rings. The van der Waals surface area contributed by atoms with Gasteiger partial charge in [0.2, 0.25) is 0 Å². The molecule has 0 spiro atoms. The Hall–Kier alpha value is -0.120. The van der Waals surface area contributed by atoms with Crippen LogP contribution in [0.1, 0.15) is 47.5 Å². The van der Waals surface area contributed by atoms with Gasteiger partial charge in [0.05, 0.1) is 0 Å². The molecule has 0 radical (unpaired) electrons. The molecule has 1 aliphatic rings. The molecule has 1 fully saturated rings. The van der Waals surface area contributed by atoms with E-state index in [1.165, 1.54) is 45.6 Å². The summed E-state index contributed by atoms with van der Waals surface area (Å²) in [5, 5.41) is 3.38. The van der Waals surface area contributed by atoms with Crippen LogP contribution in [-0.4, -0.2) is 61.7 Å². The van der Waals surface area contributed by atoms with E-state index in [2.05, 4.69) is 56.8 Å². The number of rotatable bonds is 6. The molecule has 1 unspecified atom stereocenters. The Balaban J connectivity index is 2.46. The Bertz CT molecular complexity index is 243. The minimum Gasteiger partial charge on any atom is -0.319 e. The molecule has 0 amide bonds. The van der Waals surface area contributed by atoms with Crippen LogP contribution >= 0.6 is 0 Å². The summed E-state index contributed by atoms with van der Waals surface area (Å²) in [6, 6.07) is 0. The number of nitrogens with one attached hydrogen (secondary N) is 1. The fourth-order valence-electron chi connectivity index (χ4n) is 3.37. The Morgan fingerprint density at radius 1 is 1.00 bits per heavy atom. The molecule has 1 heterocycles. The monoisotopic (exact) mass is 269 g/mol. The van der Waals surface area contributed by atoms with Crippen molar-refractivity contribution in [3.05, 3.63) is 0 Å². The molecule has 1 aliphatic heterocycles. The smallest absolute Gasteiger partial charge is 0.0126 e. The van der Waals surface area contributed by atoms with Gasteiger partial charge < -0.3 is 10.2 Å². The lowest BCUT2D eigenvalue weighted by atomic mass is 9.84. The van der Waals surface area contributed by atoms with Gasteiger partial charge in [-0.05, 0) is 39.7 Å². The van der Waals surface area contributed by atoms with Gasteiger partial charge >= 0.3 is 0 Å². The van der Waals surface area contributed by atoms with E-state index in [1.807, 2.05) is 0 Å². The summed E-state index contributed by atoms with van der Waals surface area (Å²) in [4.78, 5) is 5.27. The van der Waals surface area contributed by atoms with Gasteiger partial charge in [0, 0.05) is 44.8 Å². The van der Waals surface area contributed by atoms with Gasteiger partial charge in [-0.1, -0.05) is 20.3 Å². The van der Waals surface area contributed by atoms with Crippen molar-refractivity contribution in [2.75, 3.05) is 46.3 Å². The fraction of sp³-hybridized carbons (Fsp3) is 1.00. The van der Waals surface area contributed by atoms with Gasteiger partial charge in [0.1, 0.15) is 0 Å². The molecule has 3 heteroatoms. The summed E-state index contributed by atoms with van der Waals surface area (Å²) in [5.41, 5.74) is 0.747. The van der Waals surface area contributed by atoms with Gasteiger partial charge in [-0.3, -0.25) is 4.90 Å². The van der Waals surface area contributed by atoms with E-state index in [1.54, 1.807) is 0 Å². The quantitative estimate of drug-likeness (QED) is 0.799. The molecule has 0 saturated carbocycles. The Morgan fingerprint density at radius 3 is 2.00 bits per heavy atom. The molecular weight excluding hydrogens is 234 g/mol. The molecule has 0 bridgehead atoms. The van der Waals surface area contributed by atoms with Crippen molar-refractivity contribution in [2.45, 2.75) is 53.0 Å². The van der Waals surface area contributed by atoms with E-state index in [-0.39, 0.29) is 0 Å². The first-order valence-corrected chi connectivity index (χ1v) is 7.93. The highest BCUT2D eigenvalue weighted by Gasteiger charge is 2.30. The van der Waals surface area contributed by atoms with Crippen molar-refractivity contribution in [3.63, 3.8) is 0 Å². The maximum absolute atomic E-state index is 3.38. The molecule has 19 heavy (non-hydrogen) atoms. The summed E-state index contributed by atoms with van der Waals surface area (Å²) < 4.78 is 0. The highest BCUT2D eigenvalue weighted by atomic mass is 15.3. The number of hydrogen-bond acceptors (Lipinski definition) is 3. The topological polar surface area (TPSA) is 18.5 Å². The third-order valence-corrected chi connectivity index (χ3v) is 4.38. The van der Waals surface area contributed by atoms with E-state index in [0.29, 0.717) is 11.0 Å². The molecule has 114 valence electrons. The molecule has 0 aliphatic carbocycles. The largest absolute Gasteiger partial charge is 0.319 e. The molecule has 1 saturated heterocycles. The summed E-state index contributed by atoms with van der Waals surface area (Å²) in [7, 11) is 2.07. The van der Waals surface area contributed by atoms with Crippen LogP contribution in [0.15, 0.2) is 0 Å². The Morgan fingerprint density at radius 2 is 1.58 bits per heavy atom. The van der Waals surface area contributed by atoms with Crippen LogP contribution in [0.4, 0.5) is 0 Å². The van der Waals surface area contributed by atoms with Crippen molar-refractivity contribution in [1.82, 2.24) is 15.1 Å². The standard InChI is InChI=1S/C16H35N3/c1-7-8-16(5,13-17-6)14-18-9-11-19(12-10-18)15(2,3)4/h17H,7-14H2,1-6H3. The van der Waals surface area contributed by atoms with Crippen molar-refractivity contribution in [2.24, 2.45) is 5.41 Å². The van der Waals surface area contributed by atoms with Crippen LogP contribution in [0.3, 0.4) is 0 Å². The van der Waals surface area contributed by atoms with Crippen molar-refractivity contribution in [1.29, 1.82) is 0 Å². The first kappa shape index (κ1) is 16.9. The van der Waals surface area contributed by atoms with Gasteiger partial charge in [-0.15, -0.1) is 0 Å². The first-order valence-electron chi connectivity index (χ1n) is 7.93. The molecule has 3 nitrogen and oxygen atoms in total. The van der Waals surface area contributed by atoms with Gasteiger partial charge in [0.25, 0.3) is 0 Å². The highest BCUT2D eigenvalue weighted by molar-refractivity contribution is 4.86. The summed E-state index contributed by atoms with van der Waals surface area (Å²) in [5.74, 6) is 0. The molecular formula is C16H35N3. The van der Waals surface area contributed by atoms with Crippen LogP contribution in [0, 0.1) is 5.41 Å². The van der Waals surface area contributed by atoms with Crippen molar-refractivity contribution >= 4 is 0 Å². The predicted molar refractivity (Wildman–Crippen MR) is 84.7 cm³/mol. The van der Waals surface area contributed by atoms with Crippen LogP contribution in [0.2, 0.25) is 0 Å². The van der Waals surface area contributed by atoms with Crippen molar-refractivity contribution < 1.29 is 0 Å². The number of nitrogens with zero attached hydrogens (tertiary/aromatic N) is 2. The van der Waals surface area contributed by atoms with Crippen LogP contribution in [0.25, 0.3) is 0 Å². The lowest BCUT2D eigenvalue weighted by molar-refractivity contribution is 0.0409. The minimum absolute atomic E-state index is 0.323. The van der Waals surface area contributed by atoms with Crippen LogP contribution < -0.4 is 5.32 Å². The van der Waals surface area contributed by atoms with E-state index in [0.717, 1.165) is 6.54 Å². The maximum Gasteiger partial charge on any atom is 0.0126 e. The summed E-state index contributed by atoms with van der Waals surface area (Å²) in [6.07, 6.45) is 2.59. The Kier molecular flexibility index (Phi) is 6.28. The summed E-state index contributed by atoms with van der Waals surface area (Å²) >= 11 is 0. The second kappa shape index (κ2) is 7.05. The fourth-order valence-corrected chi connectivity index (χ4v) is 3.37.